The molecule has 0 bridgehead atoms. The highest BCUT2D eigenvalue weighted by molar-refractivity contribution is 6.30. The zero-order valence-electron chi connectivity index (χ0n) is 14.1. The Hall–Kier alpha value is -2.39. The Labute approximate surface area is 158 Å². The van der Waals surface area contributed by atoms with Crippen molar-refractivity contribution in [1.82, 2.24) is 9.88 Å². The second-order valence-electron chi connectivity index (χ2n) is 6.19. The molecule has 1 aliphatic heterocycles. The Balaban J connectivity index is 1.68. The van der Waals surface area contributed by atoms with Crippen LogP contribution in [0.3, 0.4) is 0 Å². The number of alkyl halides is 3. The van der Waals surface area contributed by atoms with Crippen molar-refractivity contribution < 1.29 is 18.1 Å². The number of piperazine rings is 1. The van der Waals surface area contributed by atoms with Crippen LogP contribution in [0.2, 0.25) is 5.02 Å². The molecular formula is C17H16ClF3N4O2. The largest absolute Gasteiger partial charge is 0.423 e. The highest BCUT2D eigenvalue weighted by atomic mass is 35.5. The maximum Gasteiger partial charge on any atom is 0.423 e. The fourth-order valence-corrected chi connectivity index (χ4v) is 3.11. The van der Waals surface area contributed by atoms with Gasteiger partial charge in [-0.05, 0) is 24.3 Å². The zero-order chi connectivity index (χ0) is 19.6. The minimum atomic E-state index is -4.78. The molecule has 0 radical (unpaired) electrons. The molecule has 0 atom stereocenters. The third-order valence-electron chi connectivity index (χ3n) is 4.39. The van der Waals surface area contributed by atoms with Crippen molar-refractivity contribution in [2.24, 2.45) is 0 Å². The molecule has 27 heavy (non-hydrogen) atoms. The Kier molecular flexibility index (Phi) is 5.52. The van der Waals surface area contributed by atoms with Gasteiger partial charge in [0.25, 0.3) is 5.69 Å². The molecule has 2 heterocycles. The molecule has 0 unspecified atom stereocenters. The Morgan fingerprint density at radius 2 is 1.85 bits per heavy atom. The number of anilines is 1. The summed E-state index contributed by atoms with van der Waals surface area (Å²) < 4.78 is 39.4. The van der Waals surface area contributed by atoms with Gasteiger partial charge in [-0.3, -0.25) is 20.0 Å². The van der Waals surface area contributed by atoms with Gasteiger partial charge in [0.05, 0.1) is 15.6 Å². The van der Waals surface area contributed by atoms with Crippen molar-refractivity contribution in [1.29, 1.82) is 0 Å². The van der Waals surface area contributed by atoms with E-state index in [-0.39, 0.29) is 0 Å². The molecule has 1 fully saturated rings. The summed E-state index contributed by atoms with van der Waals surface area (Å²) in [5, 5.41) is 11.4. The summed E-state index contributed by atoms with van der Waals surface area (Å²) in [7, 11) is 0. The predicted molar refractivity (Wildman–Crippen MR) is 94.8 cm³/mol. The number of halogens is 4. The smallest absolute Gasteiger partial charge is 0.369 e. The standard InChI is InChI=1S/C17H16ClF3N4O2/c18-12-1-2-13(22-10-12)11-23-5-7-24(8-6-23)14-3-4-16(25(26)27)15(9-14)17(19,20)21/h1-4,9-10H,5-8,11H2. The molecule has 10 heteroatoms. The lowest BCUT2D eigenvalue weighted by atomic mass is 10.1. The van der Waals surface area contributed by atoms with Gasteiger partial charge in [-0.15, -0.1) is 0 Å². The molecule has 2 aromatic rings. The molecule has 0 saturated carbocycles. The molecule has 3 rings (SSSR count). The van der Waals surface area contributed by atoms with E-state index in [0.29, 0.717) is 43.4 Å². The van der Waals surface area contributed by atoms with Crippen molar-refractivity contribution in [3.8, 4) is 0 Å². The molecule has 6 nitrogen and oxygen atoms in total. The van der Waals surface area contributed by atoms with E-state index in [2.05, 4.69) is 9.88 Å². The maximum absolute atomic E-state index is 13.1. The summed E-state index contributed by atoms with van der Waals surface area (Å²) in [6.45, 7) is 2.94. The summed E-state index contributed by atoms with van der Waals surface area (Å²) in [5.74, 6) is 0. The second kappa shape index (κ2) is 7.69. The van der Waals surface area contributed by atoms with E-state index >= 15 is 0 Å². The number of hydrogen-bond acceptors (Lipinski definition) is 5. The molecule has 1 saturated heterocycles. The van der Waals surface area contributed by atoms with Crippen molar-refractivity contribution in [2.75, 3.05) is 31.1 Å². The number of nitro groups is 1. The van der Waals surface area contributed by atoms with Gasteiger partial charge in [-0.1, -0.05) is 11.6 Å². The van der Waals surface area contributed by atoms with Crippen LogP contribution in [0.5, 0.6) is 0 Å². The average Bonchev–Trinajstić information content (AvgIpc) is 2.63. The molecule has 0 N–H and O–H groups in total. The fourth-order valence-electron chi connectivity index (χ4n) is 3.00. The molecule has 0 amide bonds. The van der Waals surface area contributed by atoms with Crippen LogP contribution in [0.4, 0.5) is 24.5 Å². The predicted octanol–water partition coefficient (Wildman–Crippen LogP) is 3.98. The molecule has 0 aliphatic carbocycles. The van der Waals surface area contributed by atoms with Crippen LogP contribution in [-0.4, -0.2) is 41.0 Å². The zero-order valence-corrected chi connectivity index (χ0v) is 14.9. The van der Waals surface area contributed by atoms with Gasteiger partial charge in [0.2, 0.25) is 0 Å². The molecule has 144 valence electrons. The van der Waals surface area contributed by atoms with Crippen LogP contribution in [0.15, 0.2) is 36.5 Å². The first-order chi connectivity index (χ1) is 12.7. The highest BCUT2D eigenvalue weighted by Crippen LogP contribution is 2.38. The van der Waals surface area contributed by atoms with Gasteiger partial charge in [0.1, 0.15) is 5.56 Å². The highest BCUT2D eigenvalue weighted by Gasteiger charge is 2.38. The first-order valence-corrected chi connectivity index (χ1v) is 8.55. The van der Waals surface area contributed by atoms with Gasteiger partial charge in [0.15, 0.2) is 0 Å². The van der Waals surface area contributed by atoms with Gasteiger partial charge in [-0.2, -0.15) is 13.2 Å². The molecule has 1 aromatic carbocycles. The normalized spacial score (nSPS) is 15.8. The minimum absolute atomic E-state index is 0.331. The van der Waals surface area contributed by atoms with Crippen LogP contribution >= 0.6 is 11.6 Å². The van der Waals surface area contributed by atoms with E-state index in [1.54, 1.807) is 17.2 Å². The third-order valence-corrected chi connectivity index (χ3v) is 4.62. The minimum Gasteiger partial charge on any atom is -0.369 e. The topological polar surface area (TPSA) is 62.5 Å². The van der Waals surface area contributed by atoms with Crippen LogP contribution in [0.1, 0.15) is 11.3 Å². The van der Waals surface area contributed by atoms with Gasteiger partial charge in [0, 0.05) is 50.7 Å². The number of pyridine rings is 1. The number of aromatic nitrogens is 1. The number of benzene rings is 1. The van der Waals surface area contributed by atoms with E-state index in [1.165, 1.54) is 6.07 Å². The first kappa shape index (κ1) is 19.4. The summed E-state index contributed by atoms with van der Waals surface area (Å²) in [6.07, 6.45) is -3.21. The van der Waals surface area contributed by atoms with E-state index in [9.17, 15) is 23.3 Å². The molecule has 1 aromatic heterocycles. The summed E-state index contributed by atoms with van der Waals surface area (Å²) in [6, 6.07) is 6.73. The lowest BCUT2D eigenvalue weighted by Crippen LogP contribution is -2.46. The van der Waals surface area contributed by atoms with Gasteiger partial charge < -0.3 is 4.90 Å². The molecular weight excluding hydrogens is 385 g/mol. The van der Waals surface area contributed by atoms with Crippen molar-refractivity contribution in [3.05, 3.63) is 62.9 Å². The number of rotatable bonds is 4. The van der Waals surface area contributed by atoms with E-state index in [4.69, 9.17) is 11.6 Å². The lowest BCUT2D eigenvalue weighted by Gasteiger charge is -2.36. The Morgan fingerprint density at radius 1 is 1.15 bits per heavy atom. The molecule has 1 aliphatic rings. The second-order valence-corrected chi connectivity index (χ2v) is 6.62. The first-order valence-electron chi connectivity index (χ1n) is 8.17. The number of hydrogen-bond donors (Lipinski definition) is 0. The van der Waals surface area contributed by atoms with Crippen LogP contribution < -0.4 is 4.90 Å². The van der Waals surface area contributed by atoms with Crippen LogP contribution in [0.25, 0.3) is 0 Å². The Bertz CT molecular complexity index is 822. The van der Waals surface area contributed by atoms with E-state index < -0.39 is 22.4 Å². The quantitative estimate of drug-likeness (QED) is 0.573. The van der Waals surface area contributed by atoms with Crippen LogP contribution in [-0.2, 0) is 12.7 Å². The van der Waals surface area contributed by atoms with Crippen LogP contribution in [0, 0.1) is 10.1 Å². The monoisotopic (exact) mass is 400 g/mol. The average molecular weight is 401 g/mol. The number of nitrogens with zero attached hydrogens (tertiary/aromatic N) is 4. The number of nitro benzene ring substituents is 1. The SMILES string of the molecule is O=[N+]([O-])c1ccc(N2CCN(Cc3ccc(Cl)cn3)CC2)cc1C(F)(F)F. The summed E-state index contributed by atoms with van der Waals surface area (Å²) >= 11 is 5.81. The van der Waals surface area contributed by atoms with Crippen molar-refractivity contribution in [2.45, 2.75) is 12.7 Å². The van der Waals surface area contributed by atoms with E-state index in [1.807, 2.05) is 6.07 Å². The van der Waals surface area contributed by atoms with Gasteiger partial charge >= 0.3 is 6.18 Å². The van der Waals surface area contributed by atoms with Crippen molar-refractivity contribution in [3.63, 3.8) is 0 Å². The molecule has 0 spiro atoms. The summed E-state index contributed by atoms with van der Waals surface area (Å²) in [5.41, 5.74) is -0.962. The fraction of sp³-hybridized carbons (Fsp3) is 0.353. The maximum atomic E-state index is 13.1. The van der Waals surface area contributed by atoms with Crippen molar-refractivity contribution >= 4 is 23.0 Å². The van der Waals surface area contributed by atoms with Gasteiger partial charge in [-0.25, -0.2) is 0 Å². The Morgan fingerprint density at radius 3 is 2.41 bits per heavy atom. The lowest BCUT2D eigenvalue weighted by molar-refractivity contribution is -0.388. The third kappa shape index (κ3) is 4.67. The van der Waals surface area contributed by atoms with E-state index in [0.717, 1.165) is 17.8 Å². The summed E-state index contributed by atoms with van der Waals surface area (Å²) in [4.78, 5) is 18.0.